The second-order valence-electron chi connectivity index (χ2n) is 6.97. The lowest BCUT2D eigenvalue weighted by Crippen LogP contribution is -2.67. The van der Waals surface area contributed by atoms with Gasteiger partial charge in [-0.3, -0.25) is 0 Å². The Balaban J connectivity index is 1.50. The number of fused-ring (bicyclic) bond motifs is 1. The third-order valence-electron chi connectivity index (χ3n) is 5.29. The predicted molar refractivity (Wildman–Crippen MR) is 94.0 cm³/mol. The van der Waals surface area contributed by atoms with Gasteiger partial charge in [0.1, 0.15) is 16.4 Å². The van der Waals surface area contributed by atoms with E-state index in [0.717, 1.165) is 47.4 Å². The molecule has 2 aliphatic rings. The summed E-state index contributed by atoms with van der Waals surface area (Å²) in [6.07, 6.45) is 3.26. The predicted octanol–water partition coefficient (Wildman–Crippen LogP) is 0.904. The monoisotopic (exact) mass is 414 g/mol. The number of nitrogens with two attached hydrogens (primary N) is 1. The van der Waals surface area contributed by atoms with Crippen LogP contribution in [0.3, 0.4) is 0 Å². The molecule has 3 heterocycles. The van der Waals surface area contributed by atoms with Gasteiger partial charge in [-0.15, -0.1) is 0 Å². The Morgan fingerprint density at radius 1 is 1.42 bits per heavy atom. The van der Waals surface area contributed by atoms with Crippen LogP contribution < -0.4 is 10.0 Å². The van der Waals surface area contributed by atoms with Gasteiger partial charge in [-0.05, 0) is 47.3 Å². The van der Waals surface area contributed by atoms with Crippen molar-refractivity contribution in [2.24, 2.45) is 10.6 Å². The van der Waals surface area contributed by atoms with Gasteiger partial charge in [0.15, 0.2) is 5.82 Å². The minimum Gasteiger partial charge on any atom is -0.354 e. The molecule has 0 amide bonds. The van der Waals surface area contributed by atoms with Gasteiger partial charge in [0.2, 0.25) is 0 Å². The molecule has 2 fully saturated rings. The third-order valence-corrected chi connectivity index (χ3v) is 6.95. The van der Waals surface area contributed by atoms with Crippen molar-refractivity contribution in [1.29, 1.82) is 0 Å². The average molecular weight is 415 g/mol. The molecule has 0 unspecified atom stereocenters. The standard InChI is InChI=1S/C14H19BrN6O2S/c1-9-3-11(15)21-12(9)13(17-8-18-21)20-6-14(7-20)4-10(5-14)19(2)24(16,22)23/h3,8,10H,4-7H2,1-2H3,(H2,16,22,23). The van der Waals surface area contributed by atoms with Crippen LogP contribution in [-0.4, -0.2) is 53.5 Å². The van der Waals surface area contributed by atoms with Gasteiger partial charge in [0, 0.05) is 31.6 Å². The number of hydrogen-bond acceptors (Lipinski definition) is 5. The van der Waals surface area contributed by atoms with Crippen LogP contribution in [0.2, 0.25) is 0 Å². The summed E-state index contributed by atoms with van der Waals surface area (Å²) in [5.41, 5.74) is 2.32. The third kappa shape index (κ3) is 2.35. The van der Waals surface area contributed by atoms with Crippen molar-refractivity contribution in [1.82, 2.24) is 18.9 Å². The zero-order valence-corrected chi connectivity index (χ0v) is 15.9. The van der Waals surface area contributed by atoms with E-state index in [0.29, 0.717) is 0 Å². The van der Waals surface area contributed by atoms with Crippen molar-refractivity contribution in [2.75, 3.05) is 25.0 Å². The van der Waals surface area contributed by atoms with Gasteiger partial charge in [0.25, 0.3) is 10.2 Å². The molecule has 1 saturated carbocycles. The first-order valence-electron chi connectivity index (χ1n) is 7.70. The number of aryl methyl sites for hydroxylation is 1. The van der Waals surface area contributed by atoms with Crippen molar-refractivity contribution in [2.45, 2.75) is 25.8 Å². The summed E-state index contributed by atoms with van der Waals surface area (Å²) in [4.78, 5) is 6.71. The average Bonchev–Trinajstić information content (AvgIpc) is 2.70. The van der Waals surface area contributed by atoms with E-state index in [1.165, 1.54) is 4.31 Å². The van der Waals surface area contributed by atoms with E-state index in [2.05, 4.69) is 30.9 Å². The lowest BCUT2D eigenvalue weighted by Gasteiger charge is -2.60. The van der Waals surface area contributed by atoms with E-state index in [9.17, 15) is 8.42 Å². The lowest BCUT2D eigenvalue weighted by molar-refractivity contribution is 0.0207. The van der Waals surface area contributed by atoms with Crippen LogP contribution in [0, 0.1) is 12.3 Å². The van der Waals surface area contributed by atoms with Crippen molar-refractivity contribution < 1.29 is 8.42 Å². The van der Waals surface area contributed by atoms with Gasteiger partial charge < -0.3 is 4.90 Å². The van der Waals surface area contributed by atoms with Gasteiger partial charge in [-0.2, -0.15) is 17.8 Å². The highest BCUT2D eigenvalue weighted by Gasteiger charge is 2.55. The Bertz CT molecular complexity index is 913. The van der Waals surface area contributed by atoms with E-state index in [1.807, 2.05) is 17.5 Å². The number of nitrogens with zero attached hydrogens (tertiary/aromatic N) is 5. The van der Waals surface area contributed by atoms with Crippen LogP contribution in [-0.2, 0) is 10.2 Å². The molecular formula is C14H19BrN6O2S. The minimum atomic E-state index is -3.60. The largest absolute Gasteiger partial charge is 0.354 e. The number of anilines is 1. The summed E-state index contributed by atoms with van der Waals surface area (Å²) >= 11 is 3.51. The molecule has 0 atom stereocenters. The molecule has 2 aromatic rings. The highest BCUT2D eigenvalue weighted by Crippen LogP contribution is 2.51. The Morgan fingerprint density at radius 2 is 2.08 bits per heavy atom. The molecule has 4 rings (SSSR count). The normalized spacial score (nSPS) is 20.6. The molecule has 10 heteroatoms. The summed E-state index contributed by atoms with van der Waals surface area (Å²) in [7, 11) is -2.05. The molecule has 8 nitrogen and oxygen atoms in total. The Morgan fingerprint density at radius 3 is 2.71 bits per heavy atom. The van der Waals surface area contributed by atoms with Gasteiger partial charge >= 0.3 is 0 Å². The van der Waals surface area contributed by atoms with Crippen LogP contribution in [0.1, 0.15) is 18.4 Å². The van der Waals surface area contributed by atoms with E-state index in [1.54, 1.807) is 13.4 Å². The fourth-order valence-electron chi connectivity index (χ4n) is 3.97. The van der Waals surface area contributed by atoms with E-state index < -0.39 is 10.2 Å². The fourth-order valence-corrected chi connectivity index (χ4v) is 5.14. The summed E-state index contributed by atoms with van der Waals surface area (Å²) in [5, 5.41) is 9.48. The highest BCUT2D eigenvalue weighted by atomic mass is 79.9. The maximum absolute atomic E-state index is 11.4. The smallest absolute Gasteiger partial charge is 0.276 e. The number of halogens is 1. The zero-order valence-electron chi connectivity index (χ0n) is 13.5. The molecule has 2 aromatic heterocycles. The van der Waals surface area contributed by atoms with Crippen molar-refractivity contribution >= 4 is 37.5 Å². The first-order valence-corrected chi connectivity index (χ1v) is 9.99. The first-order chi connectivity index (χ1) is 11.2. The van der Waals surface area contributed by atoms with E-state index in [4.69, 9.17) is 5.14 Å². The van der Waals surface area contributed by atoms with Crippen LogP contribution in [0.5, 0.6) is 0 Å². The molecule has 0 aromatic carbocycles. The molecular weight excluding hydrogens is 396 g/mol. The second-order valence-corrected chi connectivity index (χ2v) is 9.39. The zero-order chi connectivity index (χ0) is 17.3. The minimum absolute atomic E-state index is 0.0109. The Kier molecular flexibility index (Phi) is 3.48. The SMILES string of the molecule is Cc1cc(Br)n2ncnc(N3CC4(CC(N(C)S(N)(=O)=O)C4)C3)c12. The fraction of sp³-hybridized carbons (Fsp3) is 0.571. The quantitative estimate of drug-likeness (QED) is 0.804. The topological polar surface area (TPSA) is 96.8 Å². The molecule has 2 N–H and O–H groups in total. The number of hydrogen-bond donors (Lipinski definition) is 1. The van der Waals surface area contributed by atoms with Gasteiger partial charge in [-0.1, -0.05) is 0 Å². The molecule has 1 saturated heterocycles. The molecule has 0 radical (unpaired) electrons. The maximum Gasteiger partial charge on any atom is 0.276 e. The van der Waals surface area contributed by atoms with Crippen LogP contribution in [0.25, 0.3) is 5.52 Å². The summed E-state index contributed by atoms with van der Waals surface area (Å²) in [5.74, 6) is 0.932. The lowest BCUT2D eigenvalue weighted by atomic mass is 9.60. The van der Waals surface area contributed by atoms with Crippen molar-refractivity contribution in [3.05, 3.63) is 22.6 Å². The summed E-state index contributed by atoms with van der Waals surface area (Å²) in [6, 6.07) is 2.04. The van der Waals surface area contributed by atoms with E-state index in [-0.39, 0.29) is 11.5 Å². The summed E-state index contributed by atoms with van der Waals surface area (Å²) < 4.78 is 26.9. The summed E-state index contributed by atoms with van der Waals surface area (Å²) in [6.45, 7) is 3.82. The highest BCUT2D eigenvalue weighted by molar-refractivity contribution is 9.10. The Hall–Kier alpha value is -1.23. The molecule has 1 aliphatic carbocycles. The molecule has 24 heavy (non-hydrogen) atoms. The van der Waals surface area contributed by atoms with Crippen LogP contribution in [0.4, 0.5) is 5.82 Å². The van der Waals surface area contributed by atoms with E-state index >= 15 is 0 Å². The molecule has 1 aliphatic heterocycles. The number of aromatic nitrogens is 3. The molecule has 130 valence electrons. The second kappa shape index (κ2) is 5.13. The Labute approximate surface area is 148 Å². The van der Waals surface area contributed by atoms with Crippen LogP contribution in [0.15, 0.2) is 17.0 Å². The van der Waals surface area contributed by atoms with Crippen molar-refractivity contribution in [3.63, 3.8) is 0 Å². The first kappa shape index (κ1) is 16.2. The van der Waals surface area contributed by atoms with Gasteiger partial charge in [-0.25, -0.2) is 14.6 Å². The molecule has 1 spiro atoms. The maximum atomic E-state index is 11.4. The number of rotatable bonds is 3. The van der Waals surface area contributed by atoms with Crippen LogP contribution >= 0.6 is 15.9 Å². The van der Waals surface area contributed by atoms with Gasteiger partial charge in [0.05, 0.1) is 0 Å². The molecule has 0 bridgehead atoms. The van der Waals surface area contributed by atoms with Crippen molar-refractivity contribution in [3.8, 4) is 0 Å².